The van der Waals surface area contributed by atoms with E-state index in [1.165, 1.54) is 24.9 Å². The molecular formula is C24H29ClN4O2. The molecule has 0 saturated carbocycles. The molecule has 2 aliphatic heterocycles. The van der Waals surface area contributed by atoms with Crippen LogP contribution in [0.2, 0.25) is 5.02 Å². The molecule has 31 heavy (non-hydrogen) atoms. The molecule has 2 aromatic rings. The summed E-state index contributed by atoms with van der Waals surface area (Å²) < 4.78 is 0. The molecule has 7 heteroatoms. The first-order valence-corrected chi connectivity index (χ1v) is 11.4. The van der Waals surface area contributed by atoms with E-state index in [0.717, 1.165) is 18.8 Å². The van der Waals surface area contributed by atoms with Crippen molar-refractivity contribution in [2.45, 2.75) is 19.3 Å². The van der Waals surface area contributed by atoms with Gasteiger partial charge in [-0.25, -0.2) is 0 Å². The molecule has 2 heterocycles. The van der Waals surface area contributed by atoms with Gasteiger partial charge in [0.05, 0.1) is 6.54 Å². The summed E-state index contributed by atoms with van der Waals surface area (Å²) in [7, 11) is 0. The van der Waals surface area contributed by atoms with Crippen LogP contribution in [0, 0.1) is 0 Å². The molecule has 164 valence electrons. The van der Waals surface area contributed by atoms with Gasteiger partial charge >= 0.3 is 0 Å². The Balaban J connectivity index is 1.23. The van der Waals surface area contributed by atoms with E-state index in [1.807, 2.05) is 17.0 Å². The maximum absolute atomic E-state index is 12.6. The van der Waals surface area contributed by atoms with Gasteiger partial charge in [-0.05, 0) is 61.7 Å². The van der Waals surface area contributed by atoms with Crippen LogP contribution in [0.25, 0.3) is 0 Å². The highest BCUT2D eigenvalue weighted by atomic mass is 35.5. The zero-order chi connectivity index (χ0) is 21.6. The summed E-state index contributed by atoms with van der Waals surface area (Å²) in [5.41, 5.74) is 2.64. The quantitative estimate of drug-likeness (QED) is 0.769. The number of carbonyl (C=O) groups excluding carboxylic acids is 2. The van der Waals surface area contributed by atoms with Crippen LogP contribution >= 0.6 is 11.6 Å². The maximum atomic E-state index is 12.6. The molecule has 2 aromatic carbocycles. The largest absolute Gasteiger partial charge is 0.372 e. The van der Waals surface area contributed by atoms with Gasteiger partial charge in [0.25, 0.3) is 5.91 Å². The Morgan fingerprint density at radius 2 is 1.58 bits per heavy atom. The highest BCUT2D eigenvalue weighted by Crippen LogP contribution is 2.22. The van der Waals surface area contributed by atoms with Gasteiger partial charge in [-0.1, -0.05) is 17.7 Å². The number of nitrogens with zero attached hydrogens (tertiary/aromatic N) is 3. The first kappa shape index (κ1) is 21.7. The molecule has 2 saturated heterocycles. The highest BCUT2D eigenvalue weighted by molar-refractivity contribution is 6.30. The van der Waals surface area contributed by atoms with E-state index in [0.29, 0.717) is 43.3 Å². The van der Waals surface area contributed by atoms with Crippen molar-refractivity contribution in [3.8, 4) is 0 Å². The van der Waals surface area contributed by atoms with Crippen LogP contribution in [0.1, 0.15) is 29.6 Å². The van der Waals surface area contributed by atoms with Crippen molar-refractivity contribution in [1.29, 1.82) is 0 Å². The van der Waals surface area contributed by atoms with Crippen molar-refractivity contribution in [2.75, 3.05) is 56.0 Å². The Labute approximate surface area is 188 Å². The topological polar surface area (TPSA) is 55.9 Å². The lowest BCUT2D eigenvalue weighted by Gasteiger charge is -2.34. The summed E-state index contributed by atoms with van der Waals surface area (Å²) in [6, 6.07) is 15.1. The lowest BCUT2D eigenvalue weighted by molar-refractivity contribution is -0.117. The first-order chi connectivity index (χ1) is 15.1. The number of carbonyl (C=O) groups is 2. The number of halogens is 1. The summed E-state index contributed by atoms with van der Waals surface area (Å²) in [6.07, 6.45) is 3.81. The van der Waals surface area contributed by atoms with E-state index in [2.05, 4.69) is 27.2 Å². The average molecular weight is 441 g/mol. The second-order valence-electron chi connectivity index (χ2n) is 8.22. The number of amides is 2. The predicted octanol–water partition coefficient (Wildman–Crippen LogP) is 3.73. The second kappa shape index (κ2) is 10.2. The smallest absolute Gasteiger partial charge is 0.253 e. The molecule has 0 aliphatic carbocycles. The predicted molar refractivity (Wildman–Crippen MR) is 125 cm³/mol. The van der Waals surface area contributed by atoms with Crippen molar-refractivity contribution in [1.82, 2.24) is 9.80 Å². The summed E-state index contributed by atoms with van der Waals surface area (Å²) >= 11 is 6.00. The number of piperazine rings is 1. The van der Waals surface area contributed by atoms with Gasteiger partial charge < -0.3 is 15.1 Å². The van der Waals surface area contributed by atoms with Crippen LogP contribution in [0.4, 0.5) is 11.4 Å². The average Bonchev–Trinajstić information content (AvgIpc) is 2.80. The van der Waals surface area contributed by atoms with Crippen LogP contribution in [0.15, 0.2) is 48.5 Å². The molecule has 2 amide bonds. The Bertz CT molecular complexity index is 904. The van der Waals surface area contributed by atoms with Gasteiger partial charge in [0.1, 0.15) is 0 Å². The summed E-state index contributed by atoms with van der Waals surface area (Å²) in [5, 5.41) is 3.55. The number of hydrogen-bond acceptors (Lipinski definition) is 4. The number of anilines is 2. The fourth-order valence-electron chi connectivity index (χ4n) is 4.22. The van der Waals surface area contributed by atoms with E-state index in [4.69, 9.17) is 11.6 Å². The van der Waals surface area contributed by atoms with Crippen LogP contribution in [0.3, 0.4) is 0 Å². The Morgan fingerprint density at radius 3 is 2.26 bits per heavy atom. The zero-order valence-corrected chi connectivity index (χ0v) is 18.5. The molecule has 1 N–H and O–H groups in total. The number of benzene rings is 2. The second-order valence-corrected chi connectivity index (χ2v) is 8.66. The molecule has 2 fully saturated rings. The lowest BCUT2D eigenvalue weighted by atomic mass is 10.1. The minimum Gasteiger partial charge on any atom is -0.372 e. The van der Waals surface area contributed by atoms with Crippen LogP contribution < -0.4 is 10.2 Å². The minimum absolute atomic E-state index is 0.0135. The van der Waals surface area contributed by atoms with Crippen LogP contribution in [-0.4, -0.2) is 67.4 Å². The number of hydrogen-bond donors (Lipinski definition) is 1. The lowest BCUT2D eigenvalue weighted by Crippen LogP contribution is -2.50. The number of piperidine rings is 1. The van der Waals surface area contributed by atoms with Crippen LogP contribution in [0.5, 0.6) is 0 Å². The first-order valence-electron chi connectivity index (χ1n) is 11.0. The molecule has 0 atom stereocenters. The fourth-order valence-corrected chi connectivity index (χ4v) is 4.41. The van der Waals surface area contributed by atoms with Crippen molar-refractivity contribution in [3.05, 3.63) is 59.1 Å². The summed E-state index contributed by atoms with van der Waals surface area (Å²) in [6.45, 7) is 5.09. The van der Waals surface area contributed by atoms with Crippen molar-refractivity contribution < 1.29 is 9.59 Å². The Hall–Kier alpha value is -2.57. The number of rotatable bonds is 5. The molecule has 0 radical (unpaired) electrons. The fraction of sp³-hybridized carbons (Fsp3) is 0.417. The molecule has 6 nitrogen and oxygen atoms in total. The third-order valence-corrected chi connectivity index (χ3v) is 6.21. The highest BCUT2D eigenvalue weighted by Gasteiger charge is 2.23. The van der Waals surface area contributed by atoms with Crippen molar-refractivity contribution >= 4 is 34.8 Å². The third-order valence-electron chi connectivity index (χ3n) is 5.97. The van der Waals surface area contributed by atoms with Gasteiger partial charge in [0.15, 0.2) is 0 Å². The Kier molecular flexibility index (Phi) is 7.10. The van der Waals surface area contributed by atoms with Crippen LogP contribution in [-0.2, 0) is 4.79 Å². The molecule has 0 aromatic heterocycles. The van der Waals surface area contributed by atoms with E-state index in [9.17, 15) is 9.59 Å². The van der Waals surface area contributed by atoms with Gasteiger partial charge in [-0.2, -0.15) is 0 Å². The van der Waals surface area contributed by atoms with E-state index < -0.39 is 0 Å². The molecule has 0 spiro atoms. The van der Waals surface area contributed by atoms with E-state index >= 15 is 0 Å². The molecule has 2 aliphatic rings. The van der Waals surface area contributed by atoms with Gasteiger partial charge in [0, 0.05) is 61.2 Å². The van der Waals surface area contributed by atoms with Gasteiger partial charge in [-0.15, -0.1) is 0 Å². The van der Waals surface area contributed by atoms with Crippen molar-refractivity contribution in [3.63, 3.8) is 0 Å². The van der Waals surface area contributed by atoms with Crippen molar-refractivity contribution in [2.24, 2.45) is 0 Å². The minimum atomic E-state index is -0.0275. The molecule has 0 bridgehead atoms. The monoisotopic (exact) mass is 440 g/mol. The van der Waals surface area contributed by atoms with Gasteiger partial charge in [-0.3, -0.25) is 14.5 Å². The maximum Gasteiger partial charge on any atom is 0.253 e. The van der Waals surface area contributed by atoms with E-state index in [-0.39, 0.29) is 11.8 Å². The summed E-state index contributed by atoms with van der Waals surface area (Å²) in [4.78, 5) is 31.4. The standard InChI is InChI=1S/C24H29ClN4O2/c25-20-6-4-5-19(17-20)24(31)29-15-13-27(14-16-29)18-23(30)26-21-7-9-22(10-8-21)28-11-2-1-3-12-28/h4-10,17H,1-3,11-16,18H2,(H,26,30). The zero-order valence-electron chi connectivity index (χ0n) is 17.7. The van der Waals surface area contributed by atoms with Gasteiger partial charge in [0.2, 0.25) is 5.91 Å². The Morgan fingerprint density at radius 1 is 0.871 bits per heavy atom. The summed E-state index contributed by atoms with van der Waals surface area (Å²) in [5.74, 6) is -0.0410. The molecule has 4 rings (SSSR count). The normalized spacial score (nSPS) is 17.5. The molecule has 0 unspecified atom stereocenters. The molecular weight excluding hydrogens is 412 g/mol. The third kappa shape index (κ3) is 5.77. The number of nitrogens with one attached hydrogen (secondary N) is 1. The SMILES string of the molecule is O=C(CN1CCN(C(=O)c2cccc(Cl)c2)CC1)Nc1ccc(N2CCCCC2)cc1. The van der Waals surface area contributed by atoms with E-state index in [1.54, 1.807) is 24.3 Å².